The minimum absolute atomic E-state index is 0.0490. The van der Waals surface area contributed by atoms with E-state index in [0.29, 0.717) is 5.78 Å². The summed E-state index contributed by atoms with van der Waals surface area (Å²) in [5, 5.41) is 0. The van der Waals surface area contributed by atoms with Crippen LogP contribution in [0.4, 0.5) is 0 Å². The number of carbonyl (C=O) groups is 1. The first-order valence-electron chi connectivity index (χ1n) is 7.15. The van der Waals surface area contributed by atoms with Gasteiger partial charge in [-0.05, 0) is 60.8 Å². The molecule has 0 aromatic heterocycles. The smallest absolute Gasteiger partial charge is 0.143 e. The molecule has 1 atom stereocenters. The van der Waals surface area contributed by atoms with Gasteiger partial charge in [0, 0.05) is 6.42 Å². The van der Waals surface area contributed by atoms with Crippen LogP contribution in [-0.2, 0) is 11.2 Å². The lowest BCUT2D eigenvalue weighted by Gasteiger charge is -2.34. The van der Waals surface area contributed by atoms with Crippen molar-refractivity contribution in [3.8, 4) is 0 Å². The minimum Gasteiger partial charge on any atom is -0.299 e. The van der Waals surface area contributed by atoms with Gasteiger partial charge in [-0.2, -0.15) is 0 Å². The van der Waals surface area contributed by atoms with E-state index in [1.54, 1.807) is 0 Å². The molecule has 0 heterocycles. The molecule has 0 amide bonds. The van der Waals surface area contributed by atoms with Gasteiger partial charge in [-0.15, -0.1) is 0 Å². The average molecular weight is 238 g/mol. The number of rotatable bonds is 0. The maximum absolute atomic E-state index is 12.4. The fourth-order valence-electron chi connectivity index (χ4n) is 4.40. The molecule has 1 nitrogen and oxygen atoms in total. The topological polar surface area (TPSA) is 17.1 Å². The van der Waals surface area contributed by atoms with E-state index < -0.39 is 0 Å². The summed E-state index contributed by atoms with van der Waals surface area (Å²) >= 11 is 0. The number of hydrogen-bond acceptors (Lipinski definition) is 1. The number of carbonyl (C=O) groups excluding carboxylic acids is 1. The van der Waals surface area contributed by atoms with Crippen LogP contribution in [0.15, 0.2) is 29.8 Å². The van der Waals surface area contributed by atoms with Crippen LogP contribution in [0.1, 0.15) is 49.7 Å². The molecular formula is C17H18O. The number of Topliss-reactive ketones (excluding diaryl/α,β-unsaturated/α-hetero) is 1. The Morgan fingerprint density at radius 3 is 2.61 bits per heavy atom. The highest BCUT2D eigenvalue weighted by Gasteiger charge is 2.48. The third-order valence-corrected chi connectivity index (χ3v) is 5.22. The Labute approximate surface area is 108 Å². The highest BCUT2D eigenvalue weighted by atomic mass is 16.1. The highest BCUT2D eigenvalue weighted by molar-refractivity contribution is 5.94. The predicted molar refractivity (Wildman–Crippen MR) is 72.2 cm³/mol. The van der Waals surface area contributed by atoms with Gasteiger partial charge in [-0.25, -0.2) is 0 Å². The standard InChI is InChI=1S/C17H18O/c18-16-8-4-10-17(16)9-3-7-14-13-6-2-1-5-12(13)11-15(14)17/h1-2,5-6H,3-4,7-11H2/t17-/m1/s1. The van der Waals surface area contributed by atoms with Gasteiger partial charge < -0.3 is 0 Å². The molecule has 0 aliphatic heterocycles. The van der Waals surface area contributed by atoms with Gasteiger partial charge in [-0.1, -0.05) is 24.3 Å². The lowest BCUT2D eigenvalue weighted by Crippen LogP contribution is -2.31. The molecule has 1 heteroatoms. The lowest BCUT2D eigenvalue weighted by atomic mass is 9.68. The molecule has 0 radical (unpaired) electrons. The number of fused-ring (bicyclic) bond motifs is 3. The molecule has 0 bridgehead atoms. The zero-order chi connectivity index (χ0) is 12.2. The van der Waals surface area contributed by atoms with E-state index in [4.69, 9.17) is 0 Å². The van der Waals surface area contributed by atoms with Crippen LogP contribution >= 0.6 is 0 Å². The second-order valence-corrected chi connectivity index (χ2v) is 6.00. The summed E-state index contributed by atoms with van der Waals surface area (Å²) in [4.78, 5) is 12.4. The van der Waals surface area contributed by atoms with Crippen molar-refractivity contribution < 1.29 is 4.79 Å². The number of allylic oxidation sites excluding steroid dienone is 2. The molecule has 1 spiro atoms. The second-order valence-electron chi connectivity index (χ2n) is 6.00. The van der Waals surface area contributed by atoms with Crippen molar-refractivity contribution in [3.63, 3.8) is 0 Å². The summed E-state index contributed by atoms with van der Waals surface area (Å²) in [6, 6.07) is 8.74. The molecule has 0 N–H and O–H groups in total. The van der Waals surface area contributed by atoms with Crippen LogP contribution in [0.2, 0.25) is 0 Å². The molecule has 1 fully saturated rings. The summed E-state index contributed by atoms with van der Waals surface area (Å²) in [6.45, 7) is 0. The molecule has 1 aromatic rings. The Kier molecular flexibility index (Phi) is 2.09. The molecule has 3 aliphatic rings. The first-order valence-corrected chi connectivity index (χ1v) is 7.15. The zero-order valence-electron chi connectivity index (χ0n) is 10.7. The van der Waals surface area contributed by atoms with Gasteiger partial charge >= 0.3 is 0 Å². The highest BCUT2D eigenvalue weighted by Crippen LogP contribution is 2.55. The largest absolute Gasteiger partial charge is 0.299 e. The SMILES string of the molecule is O=C1CCC[C@@]12CCCC1=C2Cc2ccccc21. The molecule has 3 aliphatic carbocycles. The number of hydrogen-bond donors (Lipinski definition) is 0. The Morgan fingerprint density at radius 1 is 1.00 bits per heavy atom. The van der Waals surface area contributed by atoms with Gasteiger partial charge in [0.15, 0.2) is 0 Å². The molecule has 0 saturated heterocycles. The third kappa shape index (κ3) is 1.20. The van der Waals surface area contributed by atoms with Crippen LogP contribution < -0.4 is 0 Å². The van der Waals surface area contributed by atoms with Gasteiger partial charge in [-0.3, -0.25) is 4.79 Å². The molecule has 1 saturated carbocycles. The molecule has 1 aromatic carbocycles. The van der Waals surface area contributed by atoms with Crippen LogP contribution in [-0.4, -0.2) is 5.78 Å². The van der Waals surface area contributed by atoms with Crippen LogP contribution in [0.25, 0.3) is 5.57 Å². The van der Waals surface area contributed by atoms with Gasteiger partial charge in [0.25, 0.3) is 0 Å². The Morgan fingerprint density at radius 2 is 1.78 bits per heavy atom. The molecular weight excluding hydrogens is 220 g/mol. The third-order valence-electron chi connectivity index (χ3n) is 5.22. The van der Waals surface area contributed by atoms with Crippen molar-refractivity contribution in [1.82, 2.24) is 0 Å². The molecule has 18 heavy (non-hydrogen) atoms. The van der Waals surface area contributed by atoms with Crippen LogP contribution in [0.3, 0.4) is 0 Å². The van der Waals surface area contributed by atoms with Crippen molar-refractivity contribution in [3.05, 3.63) is 41.0 Å². The van der Waals surface area contributed by atoms with Crippen LogP contribution in [0, 0.1) is 5.41 Å². The summed E-state index contributed by atoms with van der Waals surface area (Å²) < 4.78 is 0. The summed E-state index contributed by atoms with van der Waals surface area (Å²) in [5.41, 5.74) is 5.85. The van der Waals surface area contributed by atoms with E-state index in [2.05, 4.69) is 24.3 Å². The monoisotopic (exact) mass is 238 g/mol. The predicted octanol–water partition coefficient (Wildman–Crippen LogP) is 3.92. The van der Waals surface area contributed by atoms with Crippen LogP contribution in [0.5, 0.6) is 0 Å². The van der Waals surface area contributed by atoms with Crippen molar-refractivity contribution in [2.45, 2.75) is 44.9 Å². The van der Waals surface area contributed by atoms with E-state index >= 15 is 0 Å². The van der Waals surface area contributed by atoms with Gasteiger partial charge in [0.1, 0.15) is 5.78 Å². The van der Waals surface area contributed by atoms with E-state index in [1.165, 1.54) is 35.1 Å². The first kappa shape index (κ1) is 10.5. The molecule has 0 unspecified atom stereocenters. The first-order chi connectivity index (χ1) is 8.81. The normalized spacial score (nSPS) is 29.9. The second kappa shape index (κ2) is 3.57. The molecule has 92 valence electrons. The van der Waals surface area contributed by atoms with Crippen molar-refractivity contribution in [1.29, 1.82) is 0 Å². The minimum atomic E-state index is -0.0490. The summed E-state index contributed by atoms with van der Waals surface area (Å²) in [7, 11) is 0. The van der Waals surface area contributed by atoms with E-state index in [9.17, 15) is 4.79 Å². The van der Waals surface area contributed by atoms with Crippen molar-refractivity contribution in [2.24, 2.45) is 5.41 Å². The Hall–Kier alpha value is -1.37. The van der Waals surface area contributed by atoms with Crippen molar-refractivity contribution in [2.75, 3.05) is 0 Å². The number of benzene rings is 1. The lowest BCUT2D eigenvalue weighted by molar-refractivity contribution is -0.124. The van der Waals surface area contributed by atoms with E-state index in [0.717, 1.165) is 32.1 Å². The Bertz CT molecular complexity index is 567. The number of ketones is 1. The maximum atomic E-state index is 12.4. The van der Waals surface area contributed by atoms with E-state index in [1.807, 2.05) is 0 Å². The Balaban J connectivity index is 1.89. The fraction of sp³-hybridized carbons (Fsp3) is 0.471. The van der Waals surface area contributed by atoms with Gasteiger partial charge in [0.2, 0.25) is 0 Å². The molecule has 4 rings (SSSR count). The average Bonchev–Trinajstić information content (AvgIpc) is 2.94. The summed E-state index contributed by atoms with van der Waals surface area (Å²) in [6.07, 6.45) is 7.55. The van der Waals surface area contributed by atoms with E-state index in [-0.39, 0.29) is 5.41 Å². The summed E-state index contributed by atoms with van der Waals surface area (Å²) in [5.74, 6) is 0.530. The zero-order valence-corrected chi connectivity index (χ0v) is 10.7. The van der Waals surface area contributed by atoms with Gasteiger partial charge in [0.05, 0.1) is 5.41 Å². The maximum Gasteiger partial charge on any atom is 0.143 e. The fourth-order valence-corrected chi connectivity index (χ4v) is 4.40. The van der Waals surface area contributed by atoms with Crippen molar-refractivity contribution >= 4 is 11.4 Å². The quantitative estimate of drug-likeness (QED) is 0.669.